The van der Waals surface area contributed by atoms with E-state index >= 15 is 0 Å². The molecule has 5 nitrogen and oxygen atoms in total. The van der Waals surface area contributed by atoms with E-state index in [2.05, 4.69) is 5.32 Å². The van der Waals surface area contributed by atoms with Crippen LogP contribution < -0.4 is 5.32 Å². The third-order valence-electron chi connectivity index (χ3n) is 3.52. The zero-order valence-corrected chi connectivity index (χ0v) is 12.4. The molecule has 1 aliphatic carbocycles. The zero-order chi connectivity index (χ0) is 14.5. The molecule has 0 aliphatic heterocycles. The Balaban J connectivity index is 1.78. The Bertz CT molecular complexity index is 453. The lowest BCUT2D eigenvalue weighted by molar-refractivity contribution is -0.122. The van der Waals surface area contributed by atoms with E-state index in [1.807, 2.05) is 11.4 Å². The van der Waals surface area contributed by atoms with Gasteiger partial charge in [0.15, 0.2) is 0 Å². The highest BCUT2D eigenvalue weighted by molar-refractivity contribution is 7.12. The molecule has 0 bridgehead atoms. The Morgan fingerprint density at radius 3 is 2.70 bits per heavy atom. The van der Waals surface area contributed by atoms with Gasteiger partial charge in [0.05, 0.1) is 17.5 Å². The Hall–Kier alpha value is -1.40. The molecule has 0 unspecified atom stereocenters. The van der Waals surface area contributed by atoms with Crippen molar-refractivity contribution in [3.05, 3.63) is 22.4 Å². The highest BCUT2D eigenvalue weighted by atomic mass is 32.1. The molecule has 1 aromatic heterocycles. The van der Waals surface area contributed by atoms with Crippen molar-refractivity contribution in [3.8, 4) is 0 Å². The summed E-state index contributed by atoms with van der Waals surface area (Å²) in [5.41, 5.74) is 0. The minimum atomic E-state index is -0.230. The van der Waals surface area contributed by atoms with E-state index in [0.717, 1.165) is 25.7 Å². The van der Waals surface area contributed by atoms with Crippen LogP contribution in [0.3, 0.4) is 0 Å². The van der Waals surface area contributed by atoms with Crippen molar-refractivity contribution in [3.63, 3.8) is 0 Å². The van der Waals surface area contributed by atoms with E-state index in [1.165, 1.54) is 16.2 Å². The van der Waals surface area contributed by atoms with Crippen LogP contribution in [0, 0.1) is 0 Å². The number of nitrogens with one attached hydrogen (secondary N) is 1. The number of aliphatic hydroxyl groups is 1. The first-order valence-electron chi connectivity index (χ1n) is 6.82. The standard InChI is InChI=1S/C14H20N2O3S/c1-16(14(19)12-3-2-8-20-12)9-13(18)15-10-4-6-11(17)7-5-10/h2-3,8,10-11,17H,4-7,9H2,1H3,(H,15,18). The summed E-state index contributed by atoms with van der Waals surface area (Å²) in [4.78, 5) is 26.0. The van der Waals surface area contributed by atoms with Crippen molar-refractivity contribution in [2.75, 3.05) is 13.6 Å². The quantitative estimate of drug-likeness (QED) is 0.878. The van der Waals surface area contributed by atoms with Crippen molar-refractivity contribution in [2.45, 2.75) is 37.8 Å². The van der Waals surface area contributed by atoms with E-state index in [-0.39, 0.29) is 30.5 Å². The number of hydrogen-bond acceptors (Lipinski definition) is 4. The van der Waals surface area contributed by atoms with Crippen LogP contribution in [-0.2, 0) is 4.79 Å². The highest BCUT2D eigenvalue weighted by Gasteiger charge is 2.22. The Morgan fingerprint density at radius 2 is 2.10 bits per heavy atom. The third kappa shape index (κ3) is 4.05. The van der Waals surface area contributed by atoms with Crippen LogP contribution in [0.1, 0.15) is 35.4 Å². The molecule has 0 atom stereocenters. The monoisotopic (exact) mass is 296 g/mol. The second kappa shape index (κ2) is 6.85. The summed E-state index contributed by atoms with van der Waals surface area (Å²) in [6.45, 7) is 0.0653. The van der Waals surface area contributed by atoms with Crippen LogP contribution in [-0.4, -0.2) is 47.6 Å². The molecule has 20 heavy (non-hydrogen) atoms. The van der Waals surface area contributed by atoms with Crippen molar-refractivity contribution >= 4 is 23.2 Å². The number of nitrogens with zero attached hydrogens (tertiary/aromatic N) is 1. The van der Waals surface area contributed by atoms with E-state index in [1.54, 1.807) is 13.1 Å². The number of likely N-dealkylation sites (N-methyl/N-ethyl adjacent to an activating group) is 1. The normalized spacial score (nSPS) is 22.3. The fourth-order valence-corrected chi connectivity index (χ4v) is 3.09. The van der Waals surface area contributed by atoms with Gasteiger partial charge in [-0.25, -0.2) is 0 Å². The lowest BCUT2D eigenvalue weighted by Gasteiger charge is -2.27. The molecule has 1 fully saturated rings. The van der Waals surface area contributed by atoms with Gasteiger partial charge in [0.1, 0.15) is 0 Å². The predicted molar refractivity (Wildman–Crippen MR) is 77.7 cm³/mol. The number of thiophene rings is 1. The smallest absolute Gasteiger partial charge is 0.264 e. The topological polar surface area (TPSA) is 69.6 Å². The van der Waals surface area contributed by atoms with Gasteiger partial charge < -0.3 is 15.3 Å². The van der Waals surface area contributed by atoms with Crippen molar-refractivity contribution in [1.29, 1.82) is 0 Å². The second-order valence-electron chi connectivity index (χ2n) is 5.21. The van der Waals surface area contributed by atoms with Crippen LogP contribution in [0.15, 0.2) is 17.5 Å². The van der Waals surface area contributed by atoms with Gasteiger partial charge in [-0.3, -0.25) is 9.59 Å². The molecular weight excluding hydrogens is 276 g/mol. The molecule has 0 spiro atoms. The lowest BCUT2D eigenvalue weighted by Crippen LogP contribution is -2.44. The number of rotatable bonds is 4. The first kappa shape index (κ1) is 15.0. The highest BCUT2D eigenvalue weighted by Crippen LogP contribution is 2.18. The molecule has 0 radical (unpaired) electrons. The maximum Gasteiger partial charge on any atom is 0.264 e. The van der Waals surface area contributed by atoms with E-state index in [9.17, 15) is 14.7 Å². The number of aliphatic hydroxyl groups excluding tert-OH is 1. The number of carbonyl (C=O) groups excluding carboxylic acids is 2. The summed E-state index contributed by atoms with van der Waals surface area (Å²) in [6.07, 6.45) is 2.83. The van der Waals surface area contributed by atoms with Gasteiger partial charge in [-0.1, -0.05) is 6.07 Å². The summed E-state index contributed by atoms with van der Waals surface area (Å²) in [5, 5.41) is 14.2. The van der Waals surface area contributed by atoms with E-state index in [0.29, 0.717) is 4.88 Å². The van der Waals surface area contributed by atoms with Gasteiger partial charge >= 0.3 is 0 Å². The first-order chi connectivity index (χ1) is 9.56. The van der Waals surface area contributed by atoms with Crippen LogP contribution in [0.2, 0.25) is 0 Å². The molecule has 2 rings (SSSR count). The molecule has 6 heteroatoms. The minimum absolute atomic E-state index is 0.0653. The van der Waals surface area contributed by atoms with Gasteiger partial charge in [0, 0.05) is 13.1 Å². The van der Waals surface area contributed by atoms with Gasteiger partial charge in [-0.2, -0.15) is 0 Å². The summed E-state index contributed by atoms with van der Waals surface area (Å²) < 4.78 is 0. The maximum atomic E-state index is 12.0. The first-order valence-corrected chi connectivity index (χ1v) is 7.70. The van der Waals surface area contributed by atoms with Gasteiger partial charge in [0.25, 0.3) is 5.91 Å². The minimum Gasteiger partial charge on any atom is -0.393 e. The van der Waals surface area contributed by atoms with Gasteiger partial charge in [-0.05, 0) is 37.1 Å². The average Bonchev–Trinajstić information content (AvgIpc) is 2.94. The van der Waals surface area contributed by atoms with Crippen LogP contribution in [0.25, 0.3) is 0 Å². The predicted octanol–water partition coefficient (Wildman–Crippen LogP) is 1.24. The molecule has 1 heterocycles. The largest absolute Gasteiger partial charge is 0.393 e. The fraction of sp³-hybridized carbons (Fsp3) is 0.571. The second-order valence-corrected chi connectivity index (χ2v) is 6.16. The van der Waals surface area contributed by atoms with E-state index < -0.39 is 0 Å². The molecule has 1 aromatic rings. The molecule has 110 valence electrons. The van der Waals surface area contributed by atoms with Crippen molar-refractivity contribution < 1.29 is 14.7 Å². The molecular formula is C14H20N2O3S. The summed E-state index contributed by atoms with van der Waals surface area (Å²) in [5.74, 6) is -0.270. The summed E-state index contributed by atoms with van der Waals surface area (Å²) in [7, 11) is 1.63. The SMILES string of the molecule is CN(CC(=O)NC1CCC(O)CC1)C(=O)c1cccs1. The van der Waals surface area contributed by atoms with E-state index in [4.69, 9.17) is 0 Å². The Kier molecular flexibility index (Phi) is 5.14. The lowest BCUT2D eigenvalue weighted by atomic mass is 9.93. The average molecular weight is 296 g/mol. The summed E-state index contributed by atoms with van der Waals surface area (Å²) >= 11 is 1.37. The molecule has 0 saturated heterocycles. The number of hydrogen-bond donors (Lipinski definition) is 2. The van der Waals surface area contributed by atoms with Gasteiger partial charge in [-0.15, -0.1) is 11.3 Å². The van der Waals surface area contributed by atoms with Crippen LogP contribution >= 0.6 is 11.3 Å². The van der Waals surface area contributed by atoms with Crippen molar-refractivity contribution in [1.82, 2.24) is 10.2 Å². The number of carbonyl (C=O) groups is 2. The zero-order valence-electron chi connectivity index (χ0n) is 11.5. The van der Waals surface area contributed by atoms with Crippen LogP contribution in [0.5, 0.6) is 0 Å². The van der Waals surface area contributed by atoms with Gasteiger partial charge in [0.2, 0.25) is 5.91 Å². The third-order valence-corrected chi connectivity index (χ3v) is 4.38. The number of amides is 2. The molecule has 1 saturated carbocycles. The molecule has 2 amide bonds. The van der Waals surface area contributed by atoms with Crippen LogP contribution in [0.4, 0.5) is 0 Å². The fourth-order valence-electron chi connectivity index (χ4n) is 2.37. The maximum absolute atomic E-state index is 12.0. The van der Waals surface area contributed by atoms with Crippen molar-refractivity contribution in [2.24, 2.45) is 0 Å². The Labute approximate surface area is 122 Å². The summed E-state index contributed by atoms with van der Waals surface area (Å²) in [6, 6.07) is 3.69. The Morgan fingerprint density at radius 1 is 1.40 bits per heavy atom. The molecule has 1 aliphatic rings. The molecule has 2 N–H and O–H groups in total. The molecule has 0 aromatic carbocycles.